The van der Waals surface area contributed by atoms with Crippen molar-refractivity contribution >= 4 is 5.78 Å². The van der Waals surface area contributed by atoms with Crippen molar-refractivity contribution in [2.24, 2.45) is 0 Å². The molecule has 0 aliphatic carbocycles. The van der Waals surface area contributed by atoms with Crippen LogP contribution in [-0.2, 0) is 17.8 Å². The Kier molecular flexibility index (Phi) is 7.36. The quantitative estimate of drug-likeness (QED) is 0.608. The van der Waals surface area contributed by atoms with E-state index in [-0.39, 0.29) is 12.4 Å². The third-order valence-corrected chi connectivity index (χ3v) is 3.88. The zero-order chi connectivity index (χ0) is 18.1. The van der Waals surface area contributed by atoms with E-state index in [0.29, 0.717) is 42.7 Å². The number of ketones is 1. The lowest BCUT2D eigenvalue weighted by molar-refractivity contribution is 0.0993. The Morgan fingerprint density at radius 3 is 2.48 bits per heavy atom. The van der Waals surface area contributed by atoms with Crippen LogP contribution < -0.4 is 4.74 Å². The van der Waals surface area contributed by atoms with E-state index in [1.807, 2.05) is 31.2 Å². The van der Waals surface area contributed by atoms with E-state index in [4.69, 9.17) is 9.47 Å². The summed E-state index contributed by atoms with van der Waals surface area (Å²) in [5.74, 6) is 0.658. The summed E-state index contributed by atoms with van der Waals surface area (Å²) >= 11 is 0. The molecule has 2 aromatic carbocycles. The molecule has 0 bridgehead atoms. The number of carbonyl (C=O) groups excluding carboxylic acids is 1. The molecule has 2 rings (SSSR count). The van der Waals surface area contributed by atoms with Crippen LogP contribution in [0.3, 0.4) is 0 Å². The van der Waals surface area contributed by atoms with Crippen LogP contribution in [0.15, 0.2) is 60.4 Å². The molecule has 3 nitrogen and oxygen atoms in total. The number of halogens is 1. The molecule has 4 heteroatoms. The van der Waals surface area contributed by atoms with Gasteiger partial charge in [0.05, 0.1) is 12.9 Å². The summed E-state index contributed by atoms with van der Waals surface area (Å²) in [5, 5.41) is 0. The van der Waals surface area contributed by atoms with E-state index >= 15 is 0 Å². The zero-order valence-electron chi connectivity index (χ0n) is 14.6. The fourth-order valence-electron chi connectivity index (χ4n) is 2.41. The molecule has 0 fully saturated rings. The lowest BCUT2D eigenvalue weighted by atomic mass is 10.0. The number of carbonyl (C=O) groups is 1. The van der Waals surface area contributed by atoms with E-state index in [9.17, 15) is 9.18 Å². The topological polar surface area (TPSA) is 35.5 Å². The summed E-state index contributed by atoms with van der Waals surface area (Å²) in [7, 11) is 1.65. The third kappa shape index (κ3) is 5.84. The number of Topliss-reactive ketones (excluding diaryl/α,β-unsaturated/α-hetero) is 1. The number of methoxy groups -OCH3 is 1. The van der Waals surface area contributed by atoms with E-state index in [1.165, 1.54) is 0 Å². The largest absolute Gasteiger partial charge is 0.489 e. The molecule has 0 unspecified atom stereocenters. The lowest BCUT2D eigenvalue weighted by Gasteiger charge is -2.08. The highest BCUT2D eigenvalue weighted by molar-refractivity contribution is 5.97. The smallest absolute Gasteiger partial charge is 0.167 e. The summed E-state index contributed by atoms with van der Waals surface area (Å²) in [6, 6.07) is 14.8. The first kappa shape index (κ1) is 18.9. The van der Waals surface area contributed by atoms with Crippen molar-refractivity contribution < 1.29 is 18.7 Å². The van der Waals surface area contributed by atoms with Gasteiger partial charge in [0.2, 0.25) is 0 Å². The zero-order valence-corrected chi connectivity index (χ0v) is 14.6. The van der Waals surface area contributed by atoms with Crippen molar-refractivity contribution in [3.63, 3.8) is 0 Å². The van der Waals surface area contributed by atoms with Gasteiger partial charge in [0.1, 0.15) is 12.4 Å². The Morgan fingerprint density at radius 2 is 1.84 bits per heavy atom. The van der Waals surface area contributed by atoms with Crippen molar-refractivity contribution in [1.82, 2.24) is 0 Å². The maximum absolute atomic E-state index is 12.5. The van der Waals surface area contributed by atoms with Crippen molar-refractivity contribution in [2.75, 3.05) is 13.7 Å². The molecule has 0 aliphatic heterocycles. The van der Waals surface area contributed by atoms with Crippen LogP contribution in [0.25, 0.3) is 0 Å². The van der Waals surface area contributed by atoms with Crippen LogP contribution in [-0.4, -0.2) is 19.5 Å². The predicted molar refractivity (Wildman–Crippen MR) is 96.6 cm³/mol. The van der Waals surface area contributed by atoms with Crippen molar-refractivity contribution in [3.8, 4) is 5.75 Å². The van der Waals surface area contributed by atoms with Gasteiger partial charge in [0.25, 0.3) is 0 Å². The standard InChI is InChI=1S/C21H23FO3/c1-3-16(13-22)15-25-20-9-7-19(8-10-20)21(23)12-17-5-4-6-18(11-17)14-24-2/h4-11,13H,3,12,14-15H2,1-2H3. The first-order valence-corrected chi connectivity index (χ1v) is 8.27. The fraction of sp³-hybridized carbons (Fsp3) is 0.286. The predicted octanol–water partition coefficient (Wildman–Crippen LogP) is 4.90. The van der Waals surface area contributed by atoms with Gasteiger partial charge in [0, 0.05) is 19.1 Å². The van der Waals surface area contributed by atoms with Crippen LogP contribution in [0.2, 0.25) is 0 Å². The Hall–Kier alpha value is -2.46. The summed E-state index contributed by atoms with van der Waals surface area (Å²) < 4.78 is 23.1. The molecule has 0 amide bonds. The fourth-order valence-corrected chi connectivity index (χ4v) is 2.41. The molecule has 0 saturated heterocycles. The second kappa shape index (κ2) is 9.74. The van der Waals surface area contributed by atoms with E-state index < -0.39 is 0 Å². The third-order valence-electron chi connectivity index (χ3n) is 3.88. The van der Waals surface area contributed by atoms with Gasteiger partial charge >= 0.3 is 0 Å². The molecule has 0 radical (unpaired) electrons. The number of rotatable bonds is 9. The van der Waals surface area contributed by atoms with Crippen molar-refractivity contribution in [1.29, 1.82) is 0 Å². The van der Waals surface area contributed by atoms with Gasteiger partial charge in [-0.3, -0.25) is 4.79 Å². The second-order valence-corrected chi connectivity index (χ2v) is 5.79. The van der Waals surface area contributed by atoms with Gasteiger partial charge in [-0.1, -0.05) is 31.2 Å². The number of hydrogen-bond donors (Lipinski definition) is 0. The lowest BCUT2D eigenvalue weighted by Crippen LogP contribution is -2.05. The Morgan fingerprint density at radius 1 is 1.12 bits per heavy atom. The molecule has 2 aromatic rings. The Bertz CT molecular complexity index is 720. The van der Waals surface area contributed by atoms with E-state index in [1.54, 1.807) is 31.4 Å². The molecule has 25 heavy (non-hydrogen) atoms. The van der Waals surface area contributed by atoms with Gasteiger partial charge in [0.15, 0.2) is 5.78 Å². The molecule has 0 saturated carbocycles. The summed E-state index contributed by atoms with van der Waals surface area (Å²) in [4.78, 5) is 12.4. The number of hydrogen-bond acceptors (Lipinski definition) is 3. The van der Waals surface area contributed by atoms with Gasteiger partial charge in [-0.25, -0.2) is 4.39 Å². The molecule has 0 spiro atoms. The van der Waals surface area contributed by atoms with Crippen LogP contribution in [0, 0.1) is 0 Å². The van der Waals surface area contributed by atoms with Gasteiger partial charge in [-0.2, -0.15) is 0 Å². The summed E-state index contributed by atoms with van der Waals surface area (Å²) in [5.41, 5.74) is 3.22. The van der Waals surface area contributed by atoms with Crippen LogP contribution >= 0.6 is 0 Å². The molecule has 0 N–H and O–H groups in total. The minimum atomic E-state index is 0.0408. The monoisotopic (exact) mass is 342 g/mol. The molecular weight excluding hydrogens is 319 g/mol. The highest BCUT2D eigenvalue weighted by Gasteiger charge is 2.08. The minimum Gasteiger partial charge on any atom is -0.489 e. The summed E-state index contributed by atoms with van der Waals surface area (Å²) in [6.45, 7) is 2.62. The van der Waals surface area contributed by atoms with Crippen molar-refractivity contribution in [3.05, 3.63) is 77.1 Å². The average Bonchev–Trinajstić information content (AvgIpc) is 2.63. The molecule has 0 aliphatic rings. The molecule has 0 atom stereocenters. The number of benzene rings is 2. The van der Waals surface area contributed by atoms with Crippen LogP contribution in [0.1, 0.15) is 34.8 Å². The first-order valence-electron chi connectivity index (χ1n) is 8.27. The van der Waals surface area contributed by atoms with E-state index in [2.05, 4.69) is 0 Å². The van der Waals surface area contributed by atoms with E-state index in [0.717, 1.165) is 11.1 Å². The Labute approximate surface area is 148 Å². The molecule has 0 aromatic heterocycles. The van der Waals surface area contributed by atoms with Crippen LogP contribution in [0.4, 0.5) is 4.39 Å². The SMILES string of the molecule is CCC(=CF)COc1ccc(C(=O)Cc2cccc(COC)c2)cc1. The second-order valence-electron chi connectivity index (χ2n) is 5.79. The maximum atomic E-state index is 12.5. The van der Waals surface area contributed by atoms with Gasteiger partial charge in [-0.05, 0) is 47.4 Å². The highest BCUT2D eigenvalue weighted by atomic mass is 19.1. The normalized spacial score (nSPS) is 11.4. The molecule has 0 heterocycles. The van der Waals surface area contributed by atoms with Gasteiger partial charge in [-0.15, -0.1) is 0 Å². The molecular formula is C21H23FO3. The van der Waals surface area contributed by atoms with Gasteiger partial charge < -0.3 is 9.47 Å². The average molecular weight is 342 g/mol. The maximum Gasteiger partial charge on any atom is 0.167 e. The minimum absolute atomic E-state index is 0.0408. The van der Waals surface area contributed by atoms with Crippen LogP contribution in [0.5, 0.6) is 5.75 Å². The number of ether oxygens (including phenoxy) is 2. The Balaban J connectivity index is 1.97. The van der Waals surface area contributed by atoms with Crippen molar-refractivity contribution in [2.45, 2.75) is 26.4 Å². The molecule has 132 valence electrons. The summed E-state index contributed by atoms with van der Waals surface area (Å²) in [6.07, 6.45) is 1.52. The highest BCUT2D eigenvalue weighted by Crippen LogP contribution is 2.16. The first-order chi connectivity index (χ1) is 12.2.